The molecule has 186 valence electrons. The van der Waals surface area contributed by atoms with E-state index in [4.69, 9.17) is 25.5 Å². The fourth-order valence-corrected chi connectivity index (χ4v) is 3.90. The van der Waals surface area contributed by atoms with Crippen molar-refractivity contribution in [3.8, 4) is 11.5 Å². The molecule has 35 heavy (non-hydrogen) atoms. The molecule has 0 spiro atoms. The summed E-state index contributed by atoms with van der Waals surface area (Å²) in [4.78, 5) is 29.9. The van der Waals surface area contributed by atoms with Crippen molar-refractivity contribution in [1.29, 1.82) is 0 Å². The maximum atomic E-state index is 13.5. The average Bonchev–Trinajstić information content (AvgIpc) is 3.37. The third-order valence-electron chi connectivity index (χ3n) is 5.66. The third-order valence-corrected chi connectivity index (χ3v) is 5.89. The number of hydrogen-bond donors (Lipinski definition) is 0. The molecule has 8 heteroatoms. The molecule has 3 rings (SSSR count). The largest absolute Gasteiger partial charge is 0.493 e. The Bertz CT molecular complexity index is 1130. The van der Waals surface area contributed by atoms with Gasteiger partial charge in [0.25, 0.3) is 5.91 Å². The summed E-state index contributed by atoms with van der Waals surface area (Å²) < 4.78 is 16.2. The number of furan rings is 1. The number of carbonyl (C=O) groups excluding carboxylic acids is 2. The van der Waals surface area contributed by atoms with Crippen LogP contribution in [0.25, 0.3) is 0 Å². The number of rotatable bonds is 11. The van der Waals surface area contributed by atoms with Gasteiger partial charge in [-0.1, -0.05) is 23.7 Å². The van der Waals surface area contributed by atoms with E-state index in [1.165, 1.54) is 0 Å². The lowest BCUT2D eigenvalue weighted by Crippen LogP contribution is -2.46. The molecular formula is C27H31ClN2O5. The van der Waals surface area contributed by atoms with Crippen molar-refractivity contribution in [2.24, 2.45) is 0 Å². The van der Waals surface area contributed by atoms with Gasteiger partial charge in [-0.25, -0.2) is 0 Å². The summed E-state index contributed by atoms with van der Waals surface area (Å²) in [6.45, 7) is 4.45. The van der Waals surface area contributed by atoms with Gasteiger partial charge in [-0.05, 0) is 68.3 Å². The average molecular weight is 499 g/mol. The topological polar surface area (TPSA) is 72.2 Å². The third kappa shape index (κ3) is 7.02. The minimum Gasteiger partial charge on any atom is -0.493 e. The van der Waals surface area contributed by atoms with Crippen molar-refractivity contribution in [3.63, 3.8) is 0 Å². The monoisotopic (exact) mass is 498 g/mol. The van der Waals surface area contributed by atoms with E-state index in [1.807, 2.05) is 38.1 Å². The van der Waals surface area contributed by atoms with Crippen LogP contribution in [0.1, 0.15) is 35.5 Å². The summed E-state index contributed by atoms with van der Waals surface area (Å²) in [6, 6.07) is 15.9. The van der Waals surface area contributed by atoms with Gasteiger partial charge in [0.1, 0.15) is 12.3 Å². The number of benzene rings is 2. The van der Waals surface area contributed by atoms with Gasteiger partial charge in [-0.15, -0.1) is 0 Å². The summed E-state index contributed by atoms with van der Waals surface area (Å²) in [5.41, 5.74) is 1.44. The lowest BCUT2D eigenvalue weighted by molar-refractivity contribution is -0.133. The fraction of sp³-hybridized carbons (Fsp3) is 0.333. The van der Waals surface area contributed by atoms with Crippen molar-refractivity contribution < 1.29 is 23.5 Å². The number of ether oxygens (including phenoxy) is 2. The molecule has 0 aliphatic carbocycles. The summed E-state index contributed by atoms with van der Waals surface area (Å²) in [6.07, 6.45) is 2.17. The first-order chi connectivity index (χ1) is 16.8. The van der Waals surface area contributed by atoms with Crippen LogP contribution < -0.4 is 9.47 Å². The number of hydrogen-bond acceptors (Lipinski definition) is 5. The zero-order chi connectivity index (χ0) is 25.4. The molecule has 1 aromatic heterocycles. The van der Waals surface area contributed by atoms with E-state index < -0.39 is 0 Å². The lowest BCUT2D eigenvalue weighted by Gasteiger charge is -2.30. The van der Waals surface area contributed by atoms with E-state index in [-0.39, 0.29) is 24.4 Å². The standard InChI is InChI=1S/C27H31ClN2O5/c1-19(2)30(27(32)21-7-5-8-22(28)16-21)18-26(31)29(17-23-9-6-14-35-23)13-12-20-10-11-24(33-3)25(15-20)34-4/h5-11,14-16,19H,12-13,17-18H2,1-4H3. The van der Waals surface area contributed by atoms with Crippen molar-refractivity contribution in [3.05, 3.63) is 82.8 Å². The Kier molecular flexibility index (Phi) is 9.20. The van der Waals surface area contributed by atoms with E-state index in [9.17, 15) is 9.59 Å². The van der Waals surface area contributed by atoms with Gasteiger partial charge in [0.05, 0.1) is 27.0 Å². The van der Waals surface area contributed by atoms with Crippen molar-refractivity contribution in [2.45, 2.75) is 32.9 Å². The zero-order valence-electron chi connectivity index (χ0n) is 20.5. The van der Waals surface area contributed by atoms with Crippen LogP contribution in [0.15, 0.2) is 65.3 Å². The SMILES string of the molecule is COc1ccc(CCN(Cc2ccco2)C(=O)CN(C(=O)c2cccc(Cl)c2)C(C)C)cc1OC. The Morgan fingerprint density at radius 1 is 1.00 bits per heavy atom. The van der Waals surface area contributed by atoms with Gasteiger partial charge in [0.2, 0.25) is 5.91 Å². The number of halogens is 1. The molecule has 2 amide bonds. The van der Waals surface area contributed by atoms with Gasteiger partial charge in [-0.2, -0.15) is 0 Å². The minimum absolute atomic E-state index is 0.0599. The van der Waals surface area contributed by atoms with Crippen LogP contribution in [0, 0.1) is 0 Å². The first-order valence-corrected chi connectivity index (χ1v) is 11.8. The molecule has 0 aliphatic heterocycles. The van der Waals surface area contributed by atoms with Crippen molar-refractivity contribution in [1.82, 2.24) is 9.80 Å². The molecule has 0 aliphatic rings. The van der Waals surface area contributed by atoms with Crippen LogP contribution in [-0.4, -0.2) is 55.0 Å². The first-order valence-electron chi connectivity index (χ1n) is 11.4. The van der Waals surface area contributed by atoms with E-state index in [0.29, 0.717) is 47.4 Å². The second-order valence-corrected chi connectivity index (χ2v) is 8.81. The van der Waals surface area contributed by atoms with Crippen LogP contribution in [-0.2, 0) is 17.8 Å². The van der Waals surface area contributed by atoms with Crippen LogP contribution in [0.5, 0.6) is 11.5 Å². The first kappa shape index (κ1) is 26.2. The van der Waals surface area contributed by atoms with E-state index in [1.54, 1.807) is 60.6 Å². The molecule has 0 unspecified atom stereocenters. The Hall–Kier alpha value is -3.45. The second-order valence-electron chi connectivity index (χ2n) is 8.37. The quantitative estimate of drug-likeness (QED) is 0.369. The highest BCUT2D eigenvalue weighted by Gasteiger charge is 2.25. The maximum Gasteiger partial charge on any atom is 0.254 e. The molecular weight excluding hydrogens is 468 g/mol. The predicted octanol–water partition coefficient (Wildman–Crippen LogP) is 5.07. The van der Waals surface area contributed by atoms with E-state index in [0.717, 1.165) is 5.56 Å². The summed E-state index contributed by atoms with van der Waals surface area (Å²) in [7, 11) is 3.18. The molecule has 1 heterocycles. The van der Waals surface area contributed by atoms with Gasteiger partial charge in [0.15, 0.2) is 11.5 Å². The highest BCUT2D eigenvalue weighted by molar-refractivity contribution is 6.31. The minimum atomic E-state index is -0.242. The predicted molar refractivity (Wildman–Crippen MR) is 135 cm³/mol. The second kappa shape index (κ2) is 12.3. The Labute approximate surface area is 211 Å². The van der Waals surface area contributed by atoms with Gasteiger partial charge >= 0.3 is 0 Å². The Morgan fingerprint density at radius 3 is 2.40 bits per heavy atom. The highest BCUT2D eigenvalue weighted by Crippen LogP contribution is 2.28. The molecule has 2 aromatic carbocycles. The summed E-state index contributed by atoms with van der Waals surface area (Å²) in [5.74, 6) is 1.53. The molecule has 0 saturated carbocycles. The summed E-state index contributed by atoms with van der Waals surface area (Å²) in [5, 5.41) is 0.472. The van der Waals surface area contributed by atoms with Crippen LogP contribution in [0.4, 0.5) is 0 Å². The number of nitrogens with zero attached hydrogens (tertiary/aromatic N) is 2. The molecule has 0 radical (unpaired) electrons. The maximum absolute atomic E-state index is 13.5. The van der Waals surface area contributed by atoms with Gasteiger partial charge in [-0.3, -0.25) is 9.59 Å². The Morgan fingerprint density at radius 2 is 1.77 bits per heavy atom. The highest BCUT2D eigenvalue weighted by atomic mass is 35.5. The van der Waals surface area contributed by atoms with E-state index in [2.05, 4.69) is 0 Å². The molecule has 0 saturated heterocycles. The summed E-state index contributed by atoms with van der Waals surface area (Å²) >= 11 is 6.08. The number of methoxy groups -OCH3 is 2. The van der Waals surface area contributed by atoms with Crippen LogP contribution in [0.3, 0.4) is 0 Å². The molecule has 7 nitrogen and oxygen atoms in total. The van der Waals surface area contributed by atoms with E-state index >= 15 is 0 Å². The molecule has 0 bridgehead atoms. The van der Waals surface area contributed by atoms with Crippen LogP contribution in [0.2, 0.25) is 5.02 Å². The molecule has 0 N–H and O–H groups in total. The molecule has 3 aromatic rings. The normalized spacial score (nSPS) is 10.8. The Balaban J connectivity index is 1.77. The number of carbonyl (C=O) groups is 2. The fourth-order valence-electron chi connectivity index (χ4n) is 3.70. The van der Waals surface area contributed by atoms with Crippen LogP contribution >= 0.6 is 11.6 Å². The van der Waals surface area contributed by atoms with Crippen molar-refractivity contribution in [2.75, 3.05) is 27.3 Å². The smallest absolute Gasteiger partial charge is 0.254 e. The zero-order valence-corrected chi connectivity index (χ0v) is 21.2. The van der Waals surface area contributed by atoms with Gasteiger partial charge < -0.3 is 23.7 Å². The van der Waals surface area contributed by atoms with Gasteiger partial charge in [0, 0.05) is 23.2 Å². The molecule has 0 atom stereocenters. The van der Waals surface area contributed by atoms with Crippen molar-refractivity contribution >= 4 is 23.4 Å². The lowest BCUT2D eigenvalue weighted by atomic mass is 10.1. The molecule has 0 fully saturated rings. The number of amides is 2.